The predicted octanol–water partition coefficient (Wildman–Crippen LogP) is 4.14. The lowest BCUT2D eigenvalue weighted by Gasteiger charge is -2.11. The minimum atomic E-state index is -0.551. The largest absolute Gasteiger partial charge is 0.320 e. The lowest BCUT2D eigenvalue weighted by Crippen LogP contribution is -2.14. The van der Waals surface area contributed by atoms with Crippen molar-refractivity contribution in [1.82, 2.24) is 4.98 Å². The second-order valence-corrected chi connectivity index (χ2v) is 4.72. The van der Waals surface area contributed by atoms with Crippen molar-refractivity contribution in [3.8, 4) is 11.1 Å². The number of nitrogens with zero attached hydrogens (tertiary/aromatic N) is 1. The molecular formula is C18H13FN2O. The number of carbonyl (C=O) groups excluding carboxylic acids is 1. The average Bonchev–Trinajstić information content (AvgIpc) is 2.56. The molecule has 1 N–H and O–H groups in total. The summed E-state index contributed by atoms with van der Waals surface area (Å²) in [6.45, 7) is 0. The number of hydrogen-bond acceptors (Lipinski definition) is 2. The van der Waals surface area contributed by atoms with Crippen LogP contribution < -0.4 is 5.32 Å². The third-order valence-electron chi connectivity index (χ3n) is 3.27. The maximum atomic E-state index is 13.7. The number of hydrogen-bond donors (Lipinski definition) is 1. The van der Waals surface area contributed by atoms with Gasteiger partial charge < -0.3 is 5.32 Å². The molecule has 0 spiro atoms. The fourth-order valence-electron chi connectivity index (χ4n) is 2.20. The fraction of sp³-hybridized carbons (Fsp3) is 0. The molecule has 1 aromatic heterocycles. The van der Waals surface area contributed by atoms with Crippen molar-refractivity contribution in [3.63, 3.8) is 0 Å². The van der Waals surface area contributed by atoms with Crippen LogP contribution in [0.1, 0.15) is 10.4 Å². The normalized spacial score (nSPS) is 10.2. The van der Waals surface area contributed by atoms with Gasteiger partial charge in [0.2, 0.25) is 0 Å². The second-order valence-electron chi connectivity index (χ2n) is 4.72. The monoisotopic (exact) mass is 292 g/mol. The van der Waals surface area contributed by atoms with E-state index in [1.807, 2.05) is 36.4 Å². The summed E-state index contributed by atoms with van der Waals surface area (Å²) in [6.07, 6.45) is 3.21. The summed E-state index contributed by atoms with van der Waals surface area (Å²) in [5.74, 6) is -1.05. The number of aromatic nitrogens is 1. The standard InChI is InChI=1S/C18H13FN2O/c19-16-9-5-4-8-15(16)18(22)21-17-12-20-11-10-14(17)13-6-2-1-3-7-13/h1-12H,(H,21,22). The molecule has 0 unspecified atom stereocenters. The van der Waals surface area contributed by atoms with Crippen LogP contribution in [0.15, 0.2) is 73.1 Å². The van der Waals surface area contributed by atoms with Gasteiger partial charge >= 0.3 is 0 Å². The molecule has 4 heteroatoms. The van der Waals surface area contributed by atoms with E-state index in [1.165, 1.54) is 12.1 Å². The highest BCUT2D eigenvalue weighted by Gasteiger charge is 2.13. The van der Waals surface area contributed by atoms with Crippen molar-refractivity contribution >= 4 is 11.6 Å². The highest BCUT2D eigenvalue weighted by Crippen LogP contribution is 2.27. The molecule has 0 radical (unpaired) electrons. The number of carbonyl (C=O) groups is 1. The van der Waals surface area contributed by atoms with Crippen molar-refractivity contribution in [1.29, 1.82) is 0 Å². The zero-order chi connectivity index (χ0) is 15.4. The number of anilines is 1. The summed E-state index contributed by atoms with van der Waals surface area (Å²) in [5.41, 5.74) is 2.33. The lowest BCUT2D eigenvalue weighted by atomic mass is 10.1. The van der Waals surface area contributed by atoms with E-state index in [0.717, 1.165) is 11.1 Å². The summed E-state index contributed by atoms with van der Waals surface area (Å²) in [6, 6.07) is 17.3. The number of pyridine rings is 1. The average molecular weight is 292 g/mol. The molecule has 108 valence electrons. The van der Waals surface area contributed by atoms with Crippen molar-refractivity contribution in [3.05, 3.63) is 84.4 Å². The van der Waals surface area contributed by atoms with Gasteiger partial charge in [-0.2, -0.15) is 0 Å². The molecule has 2 aromatic carbocycles. The Balaban J connectivity index is 1.94. The molecule has 0 aliphatic heterocycles. The molecule has 0 fully saturated rings. The molecule has 1 heterocycles. The molecule has 0 aliphatic carbocycles. The minimum absolute atomic E-state index is 0.00497. The number of halogens is 1. The Labute approximate surface area is 127 Å². The van der Waals surface area contributed by atoms with Gasteiger partial charge in [0, 0.05) is 11.8 Å². The van der Waals surface area contributed by atoms with E-state index in [1.54, 1.807) is 24.5 Å². The first-order chi connectivity index (χ1) is 10.8. The van der Waals surface area contributed by atoms with Crippen LogP contribution in [0.5, 0.6) is 0 Å². The molecular weight excluding hydrogens is 279 g/mol. The Morgan fingerprint density at radius 1 is 0.955 bits per heavy atom. The van der Waals surface area contributed by atoms with Crippen LogP contribution in [-0.2, 0) is 0 Å². The third-order valence-corrected chi connectivity index (χ3v) is 3.27. The van der Waals surface area contributed by atoms with Gasteiger partial charge in [0.05, 0.1) is 17.4 Å². The number of rotatable bonds is 3. The number of benzene rings is 2. The summed E-state index contributed by atoms with van der Waals surface area (Å²) >= 11 is 0. The first-order valence-electron chi connectivity index (χ1n) is 6.81. The van der Waals surface area contributed by atoms with Crippen LogP contribution in [0.25, 0.3) is 11.1 Å². The molecule has 1 amide bonds. The maximum absolute atomic E-state index is 13.7. The Morgan fingerprint density at radius 3 is 2.45 bits per heavy atom. The molecule has 0 bridgehead atoms. The first kappa shape index (κ1) is 13.9. The number of amides is 1. The van der Waals surface area contributed by atoms with Gasteiger partial charge in [-0.05, 0) is 23.8 Å². The van der Waals surface area contributed by atoms with Gasteiger partial charge in [-0.1, -0.05) is 42.5 Å². The molecule has 3 aromatic rings. The second kappa shape index (κ2) is 6.18. The third kappa shape index (κ3) is 2.86. The molecule has 0 saturated heterocycles. The SMILES string of the molecule is O=C(Nc1cnccc1-c1ccccc1)c1ccccc1F. The van der Waals surface area contributed by atoms with Crippen LogP contribution in [0.3, 0.4) is 0 Å². The van der Waals surface area contributed by atoms with E-state index >= 15 is 0 Å². The summed E-state index contributed by atoms with van der Waals surface area (Å²) in [5, 5.41) is 2.72. The van der Waals surface area contributed by atoms with E-state index in [2.05, 4.69) is 10.3 Å². The molecule has 0 saturated carbocycles. The smallest absolute Gasteiger partial charge is 0.258 e. The zero-order valence-electron chi connectivity index (χ0n) is 11.7. The highest BCUT2D eigenvalue weighted by atomic mass is 19.1. The van der Waals surface area contributed by atoms with E-state index in [4.69, 9.17) is 0 Å². The predicted molar refractivity (Wildman–Crippen MR) is 84.0 cm³/mol. The number of nitrogens with one attached hydrogen (secondary N) is 1. The Kier molecular flexibility index (Phi) is 3.92. The summed E-state index contributed by atoms with van der Waals surface area (Å²) in [7, 11) is 0. The lowest BCUT2D eigenvalue weighted by molar-refractivity contribution is 0.102. The Hall–Kier alpha value is -3.01. The van der Waals surface area contributed by atoms with Gasteiger partial charge in [-0.25, -0.2) is 4.39 Å². The van der Waals surface area contributed by atoms with Gasteiger partial charge in [0.15, 0.2) is 0 Å². The van der Waals surface area contributed by atoms with Crippen LogP contribution >= 0.6 is 0 Å². The molecule has 0 atom stereocenters. The maximum Gasteiger partial charge on any atom is 0.258 e. The molecule has 3 nitrogen and oxygen atoms in total. The van der Waals surface area contributed by atoms with Gasteiger partial charge in [-0.3, -0.25) is 9.78 Å². The van der Waals surface area contributed by atoms with E-state index < -0.39 is 11.7 Å². The first-order valence-corrected chi connectivity index (χ1v) is 6.81. The van der Waals surface area contributed by atoms with Gasteiger partial charge in [0.25, 0.3) is 5.91 Å². The van der Waals surface area contributed by atoms with Crippen LogP contribution in [0.2, 0.25) is 0 Å². The van der Waals surface area contributed by atoms with Gasteiger partial charge in [0.1, 0.15) is 5.82 Å². The van der Waals surface area contributed by atoms with Crippen molar-refractivity contribution in [2.45, 2.75) is 0 Å². The van der Waals surface area contributed by atoms with Crippen LogP contribution in [0, 0.1) is 5.82 Å². The van der Waals surface area contributed by atoms with Crippen molar-refractivity contribution in [2.75, 3.05) is 5.32 Å². The fourth-order valence-corrected chi connectivity index (χ4v) is 2.20. The van der Waals surface area contributed by atoms with Crippen LogP contribution in [0.4, 0.5) is 10.1 Å². The van der Waals surface area contributed by atoms with E-state index in [0.29, 0.717) is 5.69 Å². The topological polar surface area (TPSA) is 42.0 Å². The van der Waals surface area contributed by atoms with E-state index in [9.17, 15) is 9.18 Å². The molecule has 0 aliphatic rings. The van der Waals surface area contributed by atoms with Crippen LogP contribution in [-0.4, -0.2) is 10.9 Å². The summed E-state index contributed by atoms with van der Waals surface area (Å²) in [4.78, 5) is 16.3. The summed E-state index contributed by atoms with van der Waals surface area (Å²) < 4.78 is 13.7. The molecule has 22 heavy (non-hydrogen) atoms. The highest BCUT2D eigenvalue weighted by molar-refractivity contribution is 6.06. The van der Waals surface area contributed by atoms with Crippen molar-refractivity contribution < 1.29 is 9.18 Å². The van der Waals surface area contributed by atoms with Crippen molar-refractivity contribution in [2.24, 2.45) is 0 Å². The van der Waals surface area contributed by atoms with E-state index in [-0.39, 0.29) is 5.56 Å². The van der Waals surface area contributed by atoms with Gasteiger partial charge in [-0.15, -0.1) is 0 Å². The Morgan fingerprint density at radius 2 is 1.68 bits per heavy atom. The zero-order valence-corrected chi connectivity index (χ0v) is 11.7. The minimum Gasteiger partial charge on any atom is -0.320 e. The quantitative estimate of drug-likeness (QED) is 0.788. The Bertz CT molecular complexity index is 803. The molecule has 3 rings (SSSR count).